The Hall–Kier alpha value is -1.71. The van der Waals surface area contributed by atoms with Crippen molar-refractivity contribution in [3.63, 3.8) is 0 Å². The third kappa shape index (κ3) is 2.89. The summed E-state index contributed by atoms with van der Waals surface area (Å²) in [6, 6.07) is 5.17. The van der Waals surface area contributed by atoms with Gasteiger partial charge in [-0.2, -0.15) is 0 Å². The number of para-hydroxylation sites is 1. The Morgan fingerprint density at radius 2 is 2.19 bits per heavy atom. The predicted molar refractivity (Wildman–Crippen MR) is 64.6 cm³/mol. The largest absolute Gasteiger partial charge is 0.488 e. The van der Waals surface area contributed by atoms with Crippen LogP contribution in [0.3, 0.4) is 0 Å². The van der Waals surface area contributed by atoms with Crippen LogP contribution in [-0.4, -0.2) is 18.6 Å². The molecule has 3 N–H and O–H groups in total. The summed E-state index contributed by atoms with van der Waals surface area (Å²) in [5.74, 6) is 0.300. The maximum atomic E-state index is 11.8. The Morgan fingerprint density at radius 1 is 1.50 bits per heavy atom. The van der Waals surface area contributed by atoms with Crippen molar-refractivity contribution < 1.29 is 9.53 Å². The number of rotatable bonds is 4. The minimum atomic E-state index is -0.162. The van der Waals surface area contributed by atoms with Gasteiger partial charge in [0.2, 0.25) is 0 Å². The number of nitrogen functional groups attached to an aromatic ring is 1. The second kappa shape index (κ2) is 5.39. The van der Waals surface area contributed by atoms with E-state index in [2.05, 4.69) is 5.32 Å². The Balaban J connectivity index is 3.07. The van der Waals surface area contributed by atoms with E-state index in [0.29, 0.717) is 23.5 Å². The molecule has 0 radical (unpaired) electrons. The molecule has 0 bridgehead atoms. The Kier molecular flexibility index (Phi) is 4.17. The average molecular weight is 222 g/mol. The van der Waals surface area contributed by atoms with Crippen molar-refractivity contribution in [2.75, 3.05) is 12.3 Å². The molecule has 0 fully saturated rings. The van der Waals surface area contributed by atoms with E-state index in [4.69, 9.17) is 10.5 Å². The molecule has 1 aromatic rings. The van der Waals surface area contributed by atoms with Crippen molar-refractivity contribution in [1.82, 2.24) is 5.32 Å². The zero-order valence-electron chi connectivity index (χ0n) is 9.91. The first kappa shape index (κ1) is 12.4. The maximum absolute atomic E-state index is 11.8. The van der Waals surface area contributed by atoms with Gasteiger partial charge in [0, 0.05) is 6.54 Å². The molecule has 0 saturated carbocycles. The third-order valence-electron chi connectivity index (χ3n) is 1.98. The van der Waals surface area contributed by atoms with Crippen LogP contribution in [0.15, 0.2) is 18.2 Å². The normalized spacial score (nSPS) is 10.2. The maximum Gasteiger partial charge on any atom is 0.255 e. The summed E-state index contributed by atoms with van der Waals surface area (Å²) < 4.78 is 5.56. The molecular formula is C12H18N2O2. The molecule has 88 valence electrons. The van der Waals surface area contributed by atoms with Gasteiger partial charge in [-0.15, -0.1) is 0 Å². The molecule has 0 aromatic heterocycles. The van der Waals surface area contributed by atoms with E-state index < -0.39 is 0 Å². The van der Waals surface area contributed by atoms with Crippen LogP contribution in [-0.2, 0) is 0 Å². The lowest BCUT2D eigenvalue weighted by atomic mass is 10.1. The molecule has 1 rings (SSSR count). The van der Waals surface area contributed by atoms with Gasteiger partial charge in [-0.3, -0.25) is 4.79 Å². The number of nitrogens with two attached hydrogens (primary N) is 1. The quantitative estimate of drug-likeness (QED) is 0.763. The second-order valence-corrected chi connectivity index (χ2v) is 3.75. The first-order valence-electron chi connectivity index (χ1n) is 5.39. The fraction of sp³-hybridized carbons (Fsp3) is 0.417. The SMILES string of the molecule is CCNC(=O)c1cccc(N)c1OC(C)C. The number of ether oxygens (including phenoxy) is 1. The van der Waals surface area contributed by atoms with E-state index in [1.54, 1.807) is 18.2 Å². The number of amides is 1. The van der Waals surface area contributed by atoms with Gasteiger partial charge in [0.15, 0.2) is 5.75 Å². The highest BCUT2D eigenvalue weighted by molar-refractivity contribution is 5.98. The van der Waals surface area contributed by atoms with Crippen LogP contribution in [0.4, 0.5) is 5.69 Å². The predicted octanol–water partition coefficient (Wildman–Crippen LogP) is 1.81. The van der Waals surface area contributed by atoms with Gasteiger partial charge in [0.05, 0.1) is 17.4 Å². The molecule has 0 unspecified atom stereocenters. The van der Waals surface area contributed by atoms with E-state index in [0.717, 1.165) is 0 Å². The lowest BCUT2D eigenvalue weighted by Crippen LogP contribution is -2.24. The number of benzene rings is 1. The van der Waals surface area contributed by atoms with Gasteiger partial charge < -0.3 is 15.8 Å². The van der Waals surface area contributed by atoms with E-state index >= 15 is 0 Å². The van der Waals surface area contributed by atoms with Crippen molar-refractivity contribution in [1.29, 1.82) is 0 Å². The highest BCUT2D eigenvalue weighted by atomic mass is 16.5. The van der Waals surface area contributed by atoms with Crippen LogP contribution in [0.5, 0.6) is 5.75 Å². The summed E-state index contributed by atoms with van der Waals surface area (Å²) in [6.45, 7) is 6.24. The van der Waals surface area contributed by atoms with Crippen LogP contribution in [0.25, 0.3) is 0 Å². The second-order valence-electron chi connectivity index (χ2n) is 3.75. The van der Waals surface area contributed by atoms with Crippen LogP contribution in [0.2, 0.25) is 0 Å². The van der Waals surface area contributed by atoms with Crippen LogP contribution < -0.4 is 15.8 Å². The van der Waals surface area contributed by atoms with Gasteiger partial charge >= 0.3 is 0 Å². The molecule has 0 saturated heterocycles. The summed E-state index contributed by atoms with van der Waals surface area (Å²) in [5.41, 5.74) is 6.76. The molecule has 4 heteroatoms. The molecule has 4 nitrogen and oxygen atoms in total. The van der Waals surface area contributed by atoms with E-state index in [-0.39, 0.29) is 12.0 Å². The van der Waals surface area contributed by atoms with E-state index in [9.17, 15) is 4.79 Å². The molecule has 0 heterocycles. The lowest BCUT2D eigenvalue weighted by Gasteiger charge is -2.15. The fourth-order valence-electron chi connectivity index (χ4n) is 1.36. The Labute approximate surface area is 95.8 Å². The summed E-state index contributed by atoms with van der Waals surface area (Å²) in [4.78, 5) is 11.8. The highest BCUT2D eigenvalue weighted by Crippen LogP contribution is 2.27. The van der Waals surface area contributed by atoms with Gasteiger partial charge in [-0.05, 0) is 32.9 Å². The minimum absolute atomic E-state index is 0.0159. The molecule has 1 amide bonds. The number of anilines is 1. The van der Waals surface area contributed by atoms with Crippen molar-refractivity contribution in [3.8, 4) is 5.75 Å². The smallest absolute Gasteiger partial charge is 0.255 e. The molecular weight excluding hydrogens is 204 g/mol. The fourth-order valence-corrected chi connectivity index (χ4v) is 1.36. The molecule has 0 aliphatic carbocycles. The lowest BCUT2D eigenvalue weighted by molar-refractivity contribution is 0.0950. The molecule has 16 heavy (non-hydrogen) atoms. The molecule has 0 atom stereocenters. The topological polar surface area (TPSA) is 64.4 Å². The van der Waals surface area contributed by atoms with Gasteiger partial charge in [-0.1, -0.05) is 6.07 Å². The number of carbonyl (C=O) groups excluding carboxylic acids is 1. The average Bonchev–Trinajstić information content (AvgIpc) is 2.20. The third-order valence-corrected chi connectivity index (χ3v) is 1.98. The molecule has 1 aromatic carbocycles. The van der Waals surface area contributed by atoms with Crippen LogP contribution >= 0.6 is 0 Å². The molecule has 0 aliphatic rings. The minimum Gasteiger partial charge on any atom is -0.488 e. The molecule has 0 aliphatic heterocycles. The summed E-state index contributed by atoms with van der Waals surface area (Å²) in [6.07, 6.45) is -0.0159. The van der Waals surface area contributed by atoms with Gasteiger partial charge in [-0.25, -0.2) is 0 Å². The van der Waals surface area contributed by atoms with Crippen molar-refractivity contribution in [2.45, 2.75) is 26.9 Å². The summed E-state index contributed by atoms with van der Waals surface area (Å²) >= 11 is 0. The number of hydrogen-bond donors (Lipinski definition) is 2. The van der Waals surface area contributed by atoms with Crippen molar-refractivity contribution >= 4 is 11.6 Å². The first-order valence-corrected chi connectivity index (χ1v) is 5.39. The van der Waals surface area contributed by atoms with E-state index in [1.165, 1.54) is 0 Å². The summed E-state index contributed by atoms with van der Waals surface area (Å²) in [5, 5.41) is 2.73. The molecule has 0 spiro atoms. The Morgan fingerprint density at radius 3 is 2.75 bits per heavy atom. The monoisotopic (exact) mass is 222 g/mol. The number of nitrogens with one attached hydrogen (secondary N) is 1. The van der Waals surface area contributed by atoms with Crippen LogP contribution in [0.1, 0.15) is 31.1 Å². The van der Waals surface area contributed by atoms with Gasteiger partial charge in [0.25, 0.3) is 5.91 Å². The van der Waals surface area contributed by atoms with Crippen molar-refractivity contribution in [3.05, 3.63) is 23.8 Å². The zero-order valence-corrected chi connectivity index (χ0v) is 9.91. The van der Waals surface area contributed by atoms with Gasteiger partial charge in [0.1, 0.15) is 0 Å². The van der Waals surface area contributed by atoms with Crippen LogP contribution in [0, 0.1) is 0 Å². The van der Waals surface area contributed by atoms with Crippen molar-refractivity contribution in [2.24, 2.45) is 0 Å². The zero-order chi connectivity index (χ0) is 12.1. The highest BCUT2D eigenvalue weighted by Gasteiger charge is 2.15. The summed E-state index contributed by atoms with van der Waals surface area (Å²) in [7, 11) is 0. The Bertz CT molecular complexity index is 375. The van der Waals surface area contributed by atoms with E-state index in [1.807, 2.05) is 20.8 Å². The standard InChI is InChI=1S/C12H18N2O2/c1-4-14-12(15)9-6-5-7-10(13)11(9)16-8(2)3/h5-8H,4,13H2,1-3H3,(H,14,15). The number of carbonyl (C=O) groups is 1. The first-order chi connectivity index (χ1) is 7.56. The number of hydrogen-bond acceptors (Lipinski definition) is 3.